The lowest BCUT2D eigenvalue weighted by Crippen LogP contribution is -2.21. The van der Waals surface area contributed by atoms with E-state index in [2.05, 4.69) is 6.92 Å². The van der Waals surface area contributed by atoms with Gasteiger partial charge in [-0.15, -0.1) is 0 Å². The van der Waals surface area contributed by atoms with Crippen LogP contribution in [0.25, 0.3) is 0 Å². The number of hydrogen-bond donors (Lipinski definition) is 0. The number of furan rings is 1. The van der Waals surface area contributed by atoms with Gasteiger partial charge in [0.2, 0.25) is 0 Å². The average Bonchev–Trinajstić information content (AvgIpc) is 2.83. The second-order valence-corrected chi connectivity index (χ2v) is 4.88. The summed E-state index contributed by atoms with van der Waals surface area (Å²) in [5.41, 5.74) is 0.749. The van der Waals surface area contributed by atoms with Crippen LogP contribution in [0.15, 0.2) is 23.0 Å². The second-order valence-electron chi connectivity index (χ2n) is 4.88. The Labute approximate surface area is 97.0 Å². The van der Waals surface area contributed by atoms with E-state index in [1.54, 1.807) is 18.6 Å². The van der Waals surface area contributed by atoms with Gasteiger partial charge in [0.05, 0.1) is 11.8 Å². The molecular formula is C14H20O2. The zero-order chi connectivity index (χ0) is 11.4. The molecule has 0 atom stereocenters. The summed E-state index contributed by atoms with van der Waals surface area (Å²) >= 11 is 0. The molecule has 1 aliphatic rings. The molecule has 0 saturated heterocycles. The topological polar surface area (TPSA) is 30.2 Å². The Hall–Kier alpha value is -1.05. The van der Waals surface area contributed by atoms with Crippen LogP contribution in [0.2, 0.25) is 0 Å². The van der Waals surface area contributed by atoms with Crippen molar-refractivity contribution in [3.63, 3.8) is 0 Å². The number of rotatable bonds is 4. The summed E-state index contributed by atoms with van der Waals surface area (Å²) in [4.78, 5) is 12.1. The minimum absolute atomic E-state index is 0.241. The monoisotopic (exact) mass is 220 g/mol. The van der Waals surface area contributed by atoms with Gasteiger partial charge < -0.3 is 4.42 Å². The molecule has 0 bridgehead atoms. The predicted molar refractivity (Wildman–Crippen MR) is 63.4 cm³/mol. The molecule has 0 aliphatic heterocycles. The van der Waals surface area contributed by atoms with Crippen LogP contribution in [0.3, 0.4) is 0 Å². The number of ketones is 1. The number of carbonyl (C=O) groups is 1. The van der Waals surface area contributed by atoms with Gasteiger partial charge in [-0.25, -0.2) is 0 Å². The van der Waals surface area contributed by atoms with Crippen molar-refractivity contribution in [2.45, 2.75) is 45.4 Å². The lowest BCUT2D eigenvalue weighted by atomic mass is 9.77. The highest BCUT2D eigenvalue weighted by molar-refractivity contribution is 5.97. The van der Waals surface area contributed by atoms with E-state index in [0.29, 0.717) is 0 Å². The maximum Gasteiger partial charge on any atom is 0.169 e. The SMILES string of the molecule is CCCC1CCC(C(=O)c2ccoc2)CC1. The van der Waals surface area contributed by atoms with Crippen molar-refractivity contribution in [3.05, 3.63) is 24.2 Å². The molecule has 2 rings (SSSR count). The Morgan fingerprint density at radius 3 is 2.69 bits per heavy atom. The number of Topliss-reactive ketones (excluding diaryl/α,β-unsaturated/α-hetero) is 1. The minimum atomic E-state index is 0.241. The molecule has 1 fully saturated rings. The molecule has 1 heterocycles. The Kier molecular flexibility index (Phi) is 3.81. The first-order chi connectivity index (χ1) is 7.81. The van der Waals surface area contributed by atoms with E-state index in [1.807, 2.05) is 0 Å². The van der Waals surface area contributed by atoms with Crippen LogP contribution in [0.5, 0.6) is 0 Å². The largest absolute Gasteiger partial charge is 0.472 e. The van der Waals surface area contributed by atoms with Gasteiger partial charge in [0.15, 0.2) is 5.78 Å². The van der Waals surface area contributed by atoms with Gasteiger partial charge in [-0.2, -0.15) is 0 Å². The van der Waals surface area contributed by atoms with Crippen LogP contribution in [0.4, 0.5) is 0 Å². The van der Waals surface area contributed by atoms with E-state index < -0.39 is 0 Å². The van der Waals surface area contributed by atoms with E-state index in [0.717, 1.165) is 24.3 Å². The van der Waals surface area contributed by atoms with E-state index in [9.17, 15) is 4.79 Å². The second kappa shape index (κ2) is 5.33. The van der Waals surface area contributed by atoms with E-state index in [-0.39, 0.29) is 11.7 Å². The molecular weight excluding hydrogens is 200 g/mol. The lowest BCUT2D eigenvalue weighted by molar-refractivity contribution is 0.0869. The molecule has 0 spiro atoms. The van der Waals surface area contributed by atoms with E-state index in [4.69, 9.17) is 4.42 Å². The third kappa shape index (κ3) is 2.55. The molecule has 16 heavy (non-hydrogen) atoms. The molecule has 2 heteroatoms. The lowest BCUT2D eigenvalue weighted by Gasteiger charge is -2.27. The van der Waals surface area contributed by atoms with Gasteiger partial charge in [0, 0.05) is 5.92 Å². The highest BCUT2D eigenvalue weighted by Crippen LogP contribution is 2.33. The average molecular weight is 220 g/mol. The molecule has 1 aromatic heterocycles. The van der Waals surface area contributed by atoms with Gasteiger partial charge >= 0.3 is 0 Å². The van der Waals surface area contributed by atoms with Crippen LogP contribution in [-0.4, -0.2) is 5.78 Å². The first-order valence-corrected chi connectivity index (χ1v) is 6.37. The smallest absolute Gasteiger partial charge is 0.169 e. The van der Waals surface area contributed by atoms with Crippen molar-refractivity contribution in [1.29, 1.82) is 0 Å². The van der Waals surface area contributed by atoms with Crippen molar-refractivity contribution in [3.8, 4) is 0 Å². The molecule has 2 nitrogen and oxygen atoms in total. The van der Waals surface area contributed by atoms with Crippen LogP contribution in [-0.2, 0) is 0 Å². The standard InChI is InChI=1S/C14H20O2/c1-2-3-11-4-6-12(7-5-11)14(15)13-8-9-16-10-13/h8-12H,2-7H2,1H3. The molecule has 1 aromatic rings. The molecule has 0 radical (unpaired) electrons. The number of carbonyl (C=O) groups excluding carboxylic acids is 1. The van der Waals surface area contributed by atoms with Crippen molar-refractivity contribution < 1.29 is 9.21 Å². The summed E-state index contributed by atoms with van der Waals surface area (Å²) < 4.78 is 4.97. The van der Waals surface area contributed by atoms with Crippen molar-refractivity contribution in [2.75, 3.05) is 0 Å². The first kappa shape index (κ1) is 11.4. The zero-order valence-electron chi connectivity index (χ0n) is 9.95. The molecule has 1 aliphatic carbocycles. The molecule has 0 unspecified atom stereocenters. The fraction of sp³-hybridized carbons (Fsp3) is 0.643. The molecule has 88 valence electrons. The zero-order valence-corrected chi connectivity index (χ0v) is 9.95. The summed E-state index contributed by atoms with van der Waals surface area (Å²) in [7, 11) is 0. The summed E-state index contributed by atoms with van der Waals surface area (Å²) in [6.45, 7) is 2.24. The van der Waals surface area contributed by atoms with Crippen molar-refractivity contribution >= 4 is 5.78 Å². The Balaban J connectivity index is 1.87. The fourth-order valence-corrected chi connectivity index (χ4v) is 2.76. The van der Waals surface area contributed by atoms with Crippen molar-refractivity contribution in [1.82, 2.24) is 0 Å². The van der Waals surface area contributed by atoms with Crippen LogP contribution >= 0.6 is 0 Å². The normalized spacial score (nSPS) is 25.6. The van der Waals surface area contributed by atoms with Crippen molar-refractivity contribution in [2.24, 2.45) is 11.8 Å². The van der Waals surface area contributed by atoms with Gasteiger partial charge in [-0.05, 0) is 37.7 Å². The summed E-state index contributed by atoms with van der Waals surface area (Å²) in [5, 5.41) is 0. The predicted octanol–water partition coefficient (Wildman–Crippen LogP) is 4.07. The van der Waals surface area contributed by atoms with Crippen LogP contribution in [0.1, 0.15) is 55.8 Å². The minimum Gasteiger partial charge on any atom is -0.472 e. The molecule has 0 amide bonds. The maximum atomic E-state index is 12.1. The molecule has 0 aromatic carbocycles. The van der Waals surface area contributed by atoms with Crippen LogP contribution in [0, 0.1) is 11.8 Å². The Morgan fingerprint density at radius 2 is 2.12 bits per heavy atom. The highest BCUT2D eigenvalue weighted by atomic mass is 16.3. The van der Waals surface area contributed by atoms with Gasteiger partial charge in [0.25, 0.3) is 0 Å². The van der Waals surface area contributed by atoms with Gasteiger partial charge in [-0.1, -0.05) is 19.8 Å². The first-order valence-electron chi connectivity index (χ1n) is 6.37. The third-order valence-corrected chi connectivity index (χ3v) is 3.72. The third-order valence-electron chi connectivity index (χ3n) is 3.72. The fourth-order valence-electron chi connectivity index (χ4n) is 2.76. The molecule has 1 saturated carbocycles. The highest BCUT2D eigenvalue weighted by Gasteiger charge is 2.26. The maximum absolute atomic E-state index is 12.1. The Bertz CT molecular complexity index is 319. The summed E-state index contributed by atoms with van der Waals surface area (Å²) in [6, 6.07) is 1.78. The Morgan fingerprint density at radius 1 is 1.38 bits per heavy atom. The van der Waals surface area contributed by atoms with Gasteiger partial charge in [-0.3, -0.25) is 4.79 Å². The number of hydrogen-bond acceptors (Lipinski definition) is 2. The summed E-state index contributed by atoms with van der Waals surface area (Å²) in [5.74, 6) is 1.38. The summed E-state index contributed by atoms with van der Waals surface area (Å²) in [6.07, 6.45) is 10.3. The van der Waals surface area contributed by atoms with E-state index >= 15 is 0 Å². The van der Waals surface area contributed by atoms with Gasteiger partial charge in [0.1, 0.15) is 6.26 Å². The quantitative estimate of drug-likeness (QED) is 0.716. The molecule has 0 N–H and O–H groups in total. The van der Waals surface area contributed by atoms with E-state index in [1.165, 1.54) is 25.7 Å². The van der Waals surface area contributed by atoms with Crippen LogP contribution < -0.4 is 0 Å².